The molecule has 8 heterocycles. The van der Waals surface area contributed by atoms with Gasteiger partial charge >= 0.3 is 0 Å². The molecule has 2 aliphatic rings. The Morgan fingerprint density at radius 2 is 0.567 bits per heavy atom. The van der Waals surface area contributed by atoms with E-state index in [1.165, 1.54) is 492 Å². The van der Waals surface area contributed by atoms with Crippen molar-refractivity contribution in [3.8, 4) is 37.7 Å². The summed E-state index contributed by atoms with van der Waals surface area (Å²) in [4.78, 5) is 42.1. The molecule has 0 amide bonds. The highest BCUT2D eigenvalue weighted by atomic mass is 32.1. The Morgan fingerprint density at radius 3 is 0.847 bits per heavy atom. The Bertz CT molecular complexity index is 6160. The number of rotatable bonds is 76. The molecule has 14 heteroatoms. The van der Waals surface area contributed by atoms with Crippen molar-refractivity contribution in [1.29, 1.82) is 15.8 Å². The van der Waals surface area contributed by atoms with E-state index in [1.807, 2.05) is 93.9 Å². The standard InChI is InChI=1S/C136H182N6O2S6/c1-10-18-26-34-42-46-54-60-72-99(70-58-50-38-30-22-14-5)82-107-84-110(90-116-123(109(94-137)95-138)112-86-103-78-66-68-80-105(103)88-114(112)127(116)143)145-129(107)121-92-119-131(147-121)133-125(141(119)97-101(74-62-52-40-32-24-16-7)76-64-56-48-44-36-28-20-12-3)135-136(149-133)126-134(150-135)132-120(142(126)98-102(75-63-53-41-33-25-17-8)77-65-57-49-45-37-29-21-13-4)93-122(148-132)130-108(83-100(71-59-51-39-31-23-15-6)73-61-55-47-43-35-27-19-11-2)85-111(146-130)91-117-124(118(96-139)140-9)113-87-104-79-67-69-81-106(104)89-115(113)128(117)144/h66-69,78-81,84-93,99-102H,10-65,70-77,82-83,97-98H2,1-8H3/b116-90-,117-91-,124-118+. The molecule has 8 aromatic heterocycles. The van der Waals surface area contributed by atoms with Gasteiger partial charge < -0.3 is 9.13 Å². The van der Waals surface area contributed by atoms with Crippen molar-refractivity contribution in [2.24, 2.45) is 23.7 Å². The first kappa shape index (κ1) is 117. The number of benzene rings is 4. The van der Waals surface area contributed by atoms with E-state index in [-0.39, 0.29) is 22.8 Å². The number of ketones is 2. The van der Waals surface area contributed by atoms with Gasteiger partial charge in [-0.2, -0.15) is 10.5 Å². The number of nitrogens with zero attached hydrogens (tertiary/aromatic N) is 6. The Labute approximate surface area is 929 Å². The maximum atomic E-state index is 15.5. The van der Waals surface area contributed by atoms with Gasteiger partial charge in [-0.3, -0.25) is 9.59 Å². The van der Waals surface area contributed by atoms with Crippen molar-refractivity contribution in [2.45, 2.75) is 492 Å². The number of carbonyl (C=O) groups excluding carboxylic acids is 2. The SMILES string of the molecule is [C-]#[N+]/C(C#N)=C1/C(=C/c2cc(CC(CCCCCCCC)CCCCCCCCCC)c(-c3cc4c(s3)c3sc5c(sc6c7sc(-c8sc(/C=C9\C(=O)c%10cc%11ccccc%11cc%10C9=C(C#N)C#N)cc8CC(CCCCCCCC)CCCCCCCCCC)cc7n(CC(CCCCCCCC)CCCCCCCCCC)c65)c3n4CC(CCCCCCCC)CCCCCCCCCC)s2)C(=O)c2cc3ccccc3cc21. The lowest BCUT2D eigenvalue weighted by atomic mass is 9.88. The third kappa shape index (κ3) is 32.0. The molecular formula is C136H182N6O2S6. The molecule has 0 saturated heterocycles. The molecule has 804 valence electrons. The Morgan fingerprint density at radius 1 is 0.307 bits per heavy atom. The zero-order valence-electron chi connectivity index (χ0n) is 93.7. The van der Waals surface area contributed by atoms with Gasteiger partial charge in [0.15, 0.2) is 11.6 Å². The number of allylic oxidation sites excluding steroid dienone is 6. The average molecular weight is 2130 g/mol. The van der Waals surface area contributed by atoms with Crippen LogP contribution in [0.3, 0.4) is 0 Å². The summed E-state index contributed by atoms with van der Waals surface area (Å²) in [5.74, 6) is 1.78. The predicted octanol–water partition coefficient (Wildman–Crippen LogP) is 46.3. The molecule has 0 fully saturated rings. The number of hydrogen-bond acceptors (Lipinski definition) is 11. The Hall–Kier alpha value is -8.28. The Balaban J connectivity index is 0.975. The van der Waals surface area contributed by atoms with E-state index in [1.54, 1.807) is 0 Å². The van der Waals surface area contributed by atoms with Crippen molar-refractivity contribution >= 4 is 175 Å². The predicted molar refractivity (Wildman–Crippen MR) is 660 cm³/mol. The van der Waals surface area contributed by atoms with Crippen LogP contribution >= 0.6 is 68.0 Å². The van der Waals surface area contributed by atoms with Crippen molar-refractivity contribution in [3.05, 3.63) is 174 Å². The van der Waals surface area contributed by atoms with Crippen molar-refractivity contribution in [1.82, 2.24) is 9.13 Å². The van der Waals surface area contributed by atoms with Crippen LogP contribution in [0.1, 0.15) is 519 Å². The molecule has 0 bridgehead atoms. The lowest BCUT2D eigenvalue weighted by molar-refractivity contribution is 0.103. The monoisotopic (exact) mass is 2120 g/mol. The topological polar surface area (TPSA) is 120 Å². The summed E-state index contributed by atoms with van der Waals surface area (Å²) in [6.07, 6.45) is 88.4. The molecular weight excluding hydrogens is 1940 g/mol. The highest BCUT2D eigenvalue weighted by Crippen LogP contribution is 2.57. The average Bonchev–Trinajstić information content (AvgIpc) is 1.52. The smallest absolute Gasteiger partial charge is 0.270 e. The van der Waals surface area contributed by atoms with Crippen LogP contribution in [0.2, 0.25) is 0 Å². The van der Waals surface area contributed by atoms with Gasteiger partial charge in [-0.05, 0) is 167 Å². The van der Waals surface area contributed by atoms with E-state index in [0.29, 0.717) is 68.2 Å². The summed E-state index contributed by atoms with van der Waals surface area (Å²) in [5.41, 5.74) is 12.6. The second-order valence-electron chi connectivity index (χ2n) is 45.4. The van der Waals surface area contributed by atoms with Gasteiger partial charge in [-0.25, -0.2) is 10.1 Å². The van der Waals surface area contributed by atoms with Crippen molar-refractivity contribution < 1.29 is 9.59 Å². The molecule has 0 aliphatic heterocycles. The maximum Gasteiger partial charge on any atom is 0.270 e. The first-order valence-corrected chi connectivity index (χ1v) is 66.1. The van der Waals surface area contributed by atoms with Crippen LogP contribution in [0, 0.1) is 64.2 Å². The van der Waals surface area contributed by atoms with E-state index in [2.05, 4.69) is 171 Å². The number of nitriles is 3. The quantitative estimate of drug-likeness (QED) is 0.0163. The van der Waals surface area contributed by atoms with Crippen LogP contribution in [0.4, 0.5) is 0 Å². The van der Waals surface area contributed by atoms with Crippen LogP contribution in [0.25, 0.3) is 119 Å². The third-order valence-electron chi connectivity index (χ3n) is 33.5. The highest BCUT2D eigenvalue weighted by molar-refractivity contribution is 7.40. The fourth-order valence-electron chi connectivity index (χ4n) is 24.9. The molecule has 4 unspecified atom stereocenters. The number of thiophene rings is 6. The largest absolute Gasteiger partial charge is 0.338 e. The van der Waals surface area contributed by atoms with Gasteiger partial charge in [0.25, 0.3) is 5.70 Å². The van der Waals surface area contributed by atoms with Crippen LogP contribution in [-0.2, 0) is 25.9 Å². The molecule has 0 N–H and O–H groups in total. The molecule has 0 saturated carbocycles. The molecule has 12 aromatic rings. The first-order chi connectivity index (χ1) is 73.8. The lowest BCUT2D eigenvalue weighted by Crippen LogP contribution is -2.11. The minimum absolute atomic E-state index is 0.0217. The lowest BCUT2D eigenvalue weighted by Gasteiger charge is -2.19. The molecule has 4 atom stereocenters. The number of unbranched alkanes of at least 4 members (excludes halogenated alkanes) is 48. The fraction of sp³-hybridized carbons (Fsp3) is 0.588. The molecule has 4 aromatic carbocycles. The third-order valence-corrected chi connectivity index (χ3v) is 41.2. The Kier molecular flexibility index (Phi) is 49.8. The van der Waals surface area contributed by atoms with Crippen LogP contribution in [0.5, 0.6) is 0 Å². The van der Waals surface area contributed by atoms with E-state index < -0.39 is 0 Å². The van der Waals surface area contributed by atoms with Crippen LogP contribution in [0.15, 0.2) is 119 Å². The van der Waals surface area contributed by atoms with E-state index in [0.717, 1.165) is 57.2 Å². The number of aromatic nitrogens is 2. The van der Waals surface area contributed by atoms with Gasteiger partial charge in [0.05, 0.1) is 62.9 Å². The van der Waals surface area contributed by atoms with Gasteiger partial charge in [0.2, 0.25) is 0 Å². The molecule has 0 spiro atoms. The normalized spacial score (nSPS) is 14.5. The van der Waals surface area contributed by atoms with Gasteiger partial charge in [-0.1, -0.05) is 489 Å². The minimum atomic E-state index is -0.124. The fourth-order valence-corrected chi connectivity index (χ4v) is 32.9. The second kappa shape index (κ2) is 63.7. The summed E-state index contributed by atoms with van der Waals surface area (Å²) in [6, 6.07) is 41.5. The van der Waals surface area contributed by atoms with Crippen molar-refractivity contribution in [3.63, 3.8) is 0 Å². The van der Waals surface area contributed by atoms with Crippen LogP contribution in [-0.4, -0.2) is 20.7 Å². The maximum absolute atomic E-state index is 15.5. The summed E-state index contributed by atoms with van der Waals surface area (Å²) >= 11 is 12.0. The molecule has 0 radical (unpaired) electrons. The molecule has 2 aliphatic carbocycles. The minimum Gasteiger partial charge on any atom is -0.338 e. The number of Topliss-reactive ketones (excluding diaryl/α,β-unsaturated/α-hetero) is 2. The summed E-state index contributed by atoms with van der Waals surface area (Å²) in [6.45, 7) is 29.2. The molecule has 150 heavy (non-hydrogen) atoms. The summed E-state index contributed by atoms with van der Waals surface area (Å²) in [5, 5.41) is 36.7. The first-order valence-electron chi connectivity index (χ1n) is 61.2. The van der Waals surface area contributed by atoms with Gasteiger partial charge in [-0.15, -0.1) is 68.0 Å². The van der Waals surface area contributed by atoms with Gasteiger partial charge in [0, 0.05) is 75.8 Å². The number of carbonyl (C=O) groups is 2. The molecule has 14 rings (SSSR count). The van der Waals surface area contributed by atoms with E-state index in [9.17, 15) is 15.8 Å². The second-order valence-corrected chi connectivity index (χ2v) is 51.7. The highest BCUT2D eigenvalue weighted by Gasteiger charge is 2.38. The summed E-state index contributed by atoms with van der Waals surface area (Å²) < 4.78 is 14.4. The van der Waals surface area contributed by atoms with Crippen molar-refractivity contribution in [2.75, 3.05) is 0 Å². The number of hydrogen-bond donors (Lipinski definition) is 0. The summed E-state index contributed by atoms with van der Waals surface area (Å²) in [7, 11) is 0. The zero-order chi connectivity index (χ0) is 105. The zero-order valence-corrected chi connectivity index (χ0v) is 98.6. The van der Waals surface area contributed by atoms with E-state index in [4.69, 9.17) is 6.57 Å². The molecule has 8 nitrogen and oxygen atoms in total. The van der Waals surface area contributed by atoms with Crippen LogP contribution < -0.4 is 0 Å². The van der Waals surface area contributed by atoms with E-state index >= 15 is 9.59 Å². The number of fused-ring (bicyclic) bond motifs is 13. The van der Waals surface area contributed by atoms with Gasteiger partial charge in [0.1, 0.15) is 17.7 Å².